The highest BCUT2D eigenvalue weighted by molar-refractivity contribution is 7.11. The molecular formula is C8H11NO3S. The summed E-state index contributed by atoms with van der Waals surface area (Å²) in [5.74, 6) is -0.794. The molecule has 1 aromatic rings. The SMILES string of the molecule is O=C(O)CCc1cnc(CCO)s1. The van der Waals surface area contributed by atoms with Crippen molar-refractivity contribution in [2.24, 2.45) is 0 Å². The first kappa shape index (κ1) is 10.1. The average Bonchev–Trinajstić information content (AvgIpc) is 2.50. The molecule has 0 aliphatic carbocycles. The van der Waals surface area contributed by atoms with Crippen LogP contribution in [0.4, 0.5) is 0 Å². The third kappa shape index (κ3) is 3.52. The molecule has 0 atom stereocenters. The van der Waals surface area contributed by atoms with Gasteiger partial charge in [0.1, 0.15) is 0 Å². The van der Waals surface area contributed by atoms with E-state index in [1.807, 2.05) is 0 Å². The number of carboxylic acids is 1. The number of aliphatic hydroxyl groups is 1. The molecule has 1 aromatic heterocycles. The van der Waals surface area contributed by atoms with E-state index in [2.05, 4.69) is 4.98 Å². The fraction of sp³-hybridized carbons (Fsp3) is 0.500. The molecule has 0 spiro atoms. The summed E-state index contributed by atoms with van der Waals surface area (Å²) in [6.45, 7) is 0.0892. The van der Waals surface area contributed by atoms with Crippen molar-refractivity contribution in [2.75, 3.05) is 6.61 Å². The number of nitrogens with zero attached hydrogens (tertiary/aromatic N) is 1. The van der Waals surface area contributed by atoms with Crippen molar-refractivity contribution in [1.29, 1.82) is 0 Å². The Labute approximate surface area is 79.9 Å². The van der Waals surface area contributed by atoms with Gasteiger partial charge in [0.15, 0.2) is 0 Å². The quantitative estimate of drug-likeness (QED) is 0.735. The Balaban J connectivity index is 2.44. The second-order valence-electron chi connectivity index (χ2n) is 2.59. The van der Waals surface area contributed by atoms with Crippen molar-refractivity contribution in [1.82, 2.24) is 4.98 Å². The molecule has 1 rings (SSSR count). The molecule has 0 saturated heterocycles. The summed E-state index contributed by atoms with van der Waals surface area (Å²) < 4.78 is 0. The van der Waals surface area contributed by atoms with Crippen LogP contribution in [0.15, 0.2) is 6.20 Å². The van der Waals surface area contributed by atoms with Gasteiger partial charge >= 0.3 is 5.97 Å². The molecule has 0 saturated carbocycles. The highest BCUT2D eigenvalue weighted by atomic mass is 32.1. The standard InChI is InChI=1S/C8H11NO3S/c10-4-3-7-9-5-6(13-7)1-2-8(11)12/h5,10H,1-4H2,(H,11,12). The fourth-order valence-electron chi connectivity index (χ4n) is 0.905. The van der Waals surface area contributed by atoms with E-state index in [1.165, 1.54) is 11.3 Å². The third-order valence-corrected chi connectivity index (χ3v) is 2.63. The van der Waals surface area contributed by atoms with Crippen molar-refractivity contribution < 1.29 is 15.0 Å². The Kier molecular flexibility index (Phi) is 3.85. The zero-order chi connectivity index (χ0) is 9.68. The molecule has 13 heavy (non-hydrogen) atoms. The van der Waals surface area contributed by atoms with Crippen molar-refractivity contribution in [2.45, 2.75) is 19.3 Å². The molecule has 1 heterocycles. The molecule has 0 fully saturated rings. The predicted molar refractivity (Wildman–Crippen MR) is 48.9 cm³/mol. The first-order valence-electron chi connectivity index (χ1n) is 3.98. The molecule has 72 valence electrons. The van der Waals surface area contributed by atoms with E-state index in [0.717, 1.165) is 9.88 Å². The van der Waals surface area contributed by atoms with E-state index >= 15 is 0 Å². The summed E-state index contributed by atoms with van der Waals surface area (Å²) in [6, 6.07) is 0. The maximum absolute atomic E-state index is 10.2. The Morgan fingerprint density at radius 3 is 2.92 bits per heavy atom. The number of aliphatic carboxylic acids is 1. The van der Waals surface area contributed by atoms with Gasteiger partial charge in [-0.3, -0.25) is 4.79 Å². The minimum Gasteiger partial charge on any atom is -0.481 e. The summed E-state index contributed by atoms with van der Waals surface area (Å²) in [4.78, 5) is 15.3. The minimum atomic E-state index is -0.794. The maximum Gasteiger partial charge on any atom is 0.303 e. The molecular weight excluding hydrogens is 190 g/mol. The number of aryl methyl sites for hydroxylation is 1. The smallest absolute Gasteiger partial charge is 0.303 e. The van der Waals surface area contributed by atoms with Gasteiger partial charge in [-0.15, -0.1) is 11.3 Å². The van der Waals surface area contributed by atoms with Gasteiger partial charge in [-0.1, -0.05) is 0 Å². The summed E-state index contributed by atoms with van der Waals surface area (Å²) in [6.07, 6.45) is 2.90. The summed E-state index contributed by atoms with van der Waals surface area (Å²) in [5, 5.41) is 17.9. The van der Waals surface area contributed by atoms with Crippen LogP contribution in [0.1, 0.15) is 16.3 Å². The average molecular weight is 201 g/mol. The van der Waals surface area contributed by atoms with E-state index < -0.39 is 5.97 Å². The number of hydrogen-bond donors (Lipinski definition) is 2. The highest BCUT2D eigenvalue weighted by Gasteiger charge is 2.03. The Hall–Kier alpha value is -0.940. The summed E-state index contributed by atoms with van der Waals surface area (Å²) in [5.41, 5.74) is 0. The predicted octanol–water partition coefficient (Wildman–Crippen LogP) is 0.695. The molecule has 0 unspecified atom stereocenters. The van der Waals surface area contributed by atoms with E-state index in [-0.39, 0.29) is 13.0 Å². The third-order valence-electron chi connectivity index (χ3n) is 1.51. The molecule has 0 aliphatic rings. The van der Waals surface area contributed by atoms with Gasteiger partial charge in [-0.2, -0.15) is 0 Å². The van der Waals surface area contributed by atoms with Crippen LogP contribution in [0.3, 0.4) is 0 Å². The molecule has 0 bridgehead atoms. The molecule has 4 nitrogen and oxygen atoms in total. The molecule has 0 radical (unpaired) electrons. The molecule has 0 aliphatic heterocycles. The van der Waals surface area contributed by atoms with Crippen LogP contribution in [0.2, 0.25) is 0 Å². The van der Waals surface area contributed by atoms with Gasteiger partial charge in [0.05, 0.1) is 11.4 Å². The van der Waals surface area contributed by atoms with Crippen molar-refractivity contribution in [3.63, 3.8) is 0 Å². The van der Waals surface area contributed by atoms with Crippen molar-refractivity contribution >= 4 is 17.3 Å². The number of carboxylic acid groups (broad SMARTS) is 1. The van der Waals surface area contributed by atoms with Crippen molar-refractivity contribution in [3.8, 4) is 0 Å². The number of aliphatic hydroxyl groups excluding tert-OH is 1. The monoisotopic (exact) mass is 201 g/mol. The van der Waals surface area contributed by atoms with Crippen LogP contribution in [0, 0.1) is 0 Å². The zero-order valence-corrected chi connectivity index (χ0v) is 7.88. The number of hydrogen-bond acceptors (Lipinski definition) is 4. The highest BCUT2D eigenvalue weighted by Crippen LogP contribution is 2.14. The topological polar surface area (TPSA) is 70.4 Å². The maximum atomic E-state index is 10.2. The molecule has 0 amide bonds. The lowest BCUT2D eigenvalue weighted by Gasteiger charge is -1.90. The van der Waals surface area contributed by atoms with Crippen molar-refractivity contribution in [3.05, 3.63) is 16.1 Å². The van der Waals surface area contributed by atoms with E-state index in [1.54, 1.807) is 6.20 Å². The number of thiazole rings is 1. The van der Waals surface area contributed by atoms with Crippen LogP contribution < -0.4 is 0 Å². The number of carbonyl (C=O) groups is 1. The lowest BCUT2D eigenvalue weighted by molar-refractivity contribution is -0.136. The lowest BCUT2D eigenvalue weighted by Crippen LogP contribution is -1.95. The molecule has 2 N–H and O–H groups in total. The Bertz CT molecular complexity index is 285. The van der Waals surface area contributed by atoms with Gasteiger partial charge in [0.25, 0.3) is 0 Å². The lowest BCUT2D eigenvalue weighted by atomic mass is 10.3. The van der Waals surface area contributed by atoms with Crippen LogP contribution >= 0.6 is 11.3 Å². The van der Waals surface area contributed by atoms with Gasteiger partial charge in [-0.05, 0) is 6.42 Å². The fourth-order valence-corrected chi connectivity index (χ4v) is 1.82. The van der Waals surface area contributed by atoms with Gasteiger partial charge in [0.2, 0.25) is 0 Å². The van der Waals surface area contributed by atoms with E-state index in [9.17, 15) is 4.79 Å². The van der Waals surface area contributed by atoms with E-state index in [4.69, 9.17) is 10.2 Å². The molecule has 0 aromatic carbocycles. The summed E-state index contributed by atoms with van der Waals surface area (Å²) >= 11 is 1.46. The van der Waals surface area contributed by atoms with Crippen LogP contribution in [-0.2, 0) is 17.6 Å². The first-order chi connectivity index (χ1) is 6.22. The normalized spacial score (nSPS) is 10.2. The van der Waals surface area contributed by atoms with Crippen LogP contribution in [0.5, 0.6) is 0 Å². The number of rotatable bonds is 5. The minimum absolute atomic E-state index is 0.0892. The van der Waals surface area contributed by atoms with Gasteiger partial charge in [0, 0.05) is 24.1 Å². The largest absolute Gasteiger partial charge is 0.481 e. The molecule has 5 heteroatoms. The second kappa shape index (κ2) is 4.94. The second-order valence-corrected chi connectivity index (χ2v) is 3.79. The van der Waals surface area contributed by atoms with Crippen LogP contribution in [-0.4, -0.2) is 27.8 Å². The van der Waals surface area contributed by atoms with Gasteiger partial charge < -0.3 is 10.2 Å². The summed E-state index contributed by atoms with van der Waals surface area (Å²) in [7, 11) is 0. The van der Waals surface area contributed by atoms with E-state index in [0.29, 0.717) is 12.8 Å². The zero-order valence-electron chi connectivity index (χ0n) is 7.06. The first-order valence-corrected chi connectivity index (χ1v) is 4.80. The Morgan fingerprint density at radius 1 is 1.54 bits per heavy atom. The number of aromatic nitrogens is 1. The van der Waals surface area contributed by atoms with Gasteiger partial charge in [-0.25, -0.2) is 4.98 Å². The van der Waals surface area contributed by atoms with Crippen LogP contribution in [0.25, 0.3) is 0 Å². The Morgan fingerprint density at radius 2 is 2.31 bits per heavy atom.